The lowest BCUT2D eigenvalue weighted by Gasteiger charge is -2.13. The van der Waals surface area contributed by atoms with Crippen molar-refractivity contribution in [2.45, 2.75) is 0 Å². The summed E-state index contributed by atoms with van der Waals surface area (Å²) in [5.74, 6) is 1.77. The van der Waals surface area contributed by atoms with Gasteiger partial charge in [0.25, 0.3) is 0 Å². The summed E-state index contributed by atoms with van der Waals surface area (Å²) in [4.78, 5) is 15.9. The van der Waals surface area contributed by atoms with E-state index in [4.69, 9.17) is 23.8 Å². The summed E-state index contributed by atoms with van der Waals surface area (Å²) < 4.78 is 13.1. The molecule has 0 amide bonds. The van der Waals surface area contributed by atoms with E-state index in [0.29, 0.717) is 17.5 Å². The van der Waals surface area contributed by atoms with E-state index < -0.39 is 0 Å². The summed E-state index contributed by atoms with van der Waals surface area (Å²) in [7, 11) is 0. The van der Waals surface area contributed by atoms with Crippen LogP contribution in [-0.4, -0.2) is 15.0 Å². The third kappa shape index (κ3) is 5.07. The average molecular weight is 742 g/mol. The molecule has 0 saturated heterocycles. The van der Waals surface area contributed by atoms with Gasteiger partial charge in [-0.25, -0.2) is 15.0 Å². The van der Waals surface area contributed by atoms with Crippen molar-refractivity contribution in [2.24, 2.45) is 0 Å². The number of hydrogen-bond acceptors (Lipinski definition) is 5. The topological polar surface area (TPSA) is 65.0 Å². The number of hydrogen-bond donors (Lipinski definition) is 0. The van der Waals surface area contributed by atoms with Crippen LogP contribution >= 0.6 is 0 Å². The molecule has 58 heavy (non-hydrogen) atoms. The first-order chi connectivity index (χ1) is 28.7. The highest BCUT2D eigenvalue weighted by molar-refractivity contribution is 6.20. The molecule has 12 aromatic rings. The Morgan fingerprint density at radius 3 is 1.64 bits per heavy atom. The number of benzene rings is 9. The van der Waals surface area contributed by atoms with Gasteiger partial charge in [-0.15, -0.1) is 0 Å². The van der Waals surface area contributed by atoms with E-state index in [2.05, 4.69) is 146 Å². The number of fused-ring (bicyclic) bond motifs is 9. The zero-order chi connectivity index (χ0) is 38.2. The molecule has 0 spiro atoms. The van der Waals surface area contributed by atoms with E-state index in [0.717, 1.165) is 99.0 Å². The predicted octanol–water partition coefficient (Wildman–Crippen LogP) is 14.3. The van der Waals surface area contributed by atoms with E-state index >= 15 is 0 Å². The molecule has 3 aromatic heterocycles. The highest BCUT2D eigenvalue weighted by atomic mass is 16.3. The number of furan rings is 2. The number of aromatic nitrogens is 3. The molecule has 5 heteroatoms. The van der Waals surface area contributed by atoms with Crippen molar-refractivity contribution in [1.82, 2.24) is 15.0 Å². The Labute approximate surface area is 332 Å². The van der Waals surface area contributed by atoms with E-state index in [1.165, 1.54) is 5.39 Å². The summed E-state index contributed by atoms with van der Waals surface area (Å²) in [5.41, 5.74) is 10.3. The fraction of sp³-hybridized carbons (Fsp3) is 0. The van der Waals surface area contributed by atoms with Crippen LogP contribution in [0.4, 0.5) is 0 Å². The molecule has 0 fully saturated rings. The van der Waals surface area contributed by atoms with Crippen LogP contribution < -0.4 is 0 Å². The van der Waals surface area contributed by atoms with Crippen LogP contribution in [0.25, 0.3) is 122 Å². The lowest BCUT2D eigenvalue weighted by molar-refractivity contribution is 0.668. The quantitative estimate of drug-likeness (QED) is 0.164. The van der Waals surface area contributed by atoms with Crippen molar-refractivity contribution >= 4 is 65.4 Å². The number of para-hydroxylation sites is 2. The van der Waals surface area contributed by atoms with Crippen molar-refractivity contribution in [1.29, 1.82) is 0 Å². The van der Waals surface area contributed by atoms with Crippen molar-refractivity contribution in [2.75, 3.05) is 0 Å². The van der Waals surface area contributed by atoms with Gasteiger partial charge in [-0.3, -0.25) is 0 Å². The molecule has 0 atom stereocenters. The minimum atomic E-state index is 0.569. The average Bonchev–Trinajstić information content (AvgIpc) is 3.88. The summed E-state index contributed by atoms with van der Waals surface area (Å²) in [5, 5.41) is 8.61. The Balaban J connectivity index is 1.13. The Bertz CT molecular complexity index is 3570. The smallest absolute Gasteiger partial charge is 0.164 e. The molecule has 0 bridgehead atoms. The summed E-state index contributed by atoms with van der Waals surface area (Å²) >= 11 is 0. The van der Waals surface area contributed by atoms with Gasteiger partial charge in [0.2, 0.25) is 0 Å². The van der Waals surface area contributed by atoms with Crippen LogP contribution in [-0.2, 0) is 0 Å². The summed E-state index contributed by atoms with van der Waals surface area (Å²) in [6.45, 7) is 0. The van der Waals surface area contributed by atoms with Crippen LogP contribution in [0.1, 0.15) is 0 Å². The molecule has 12 rings (SSSR count). The highest BCUT2D eigenvalue weighted by Gasteiger charge is 2.23. The molecule has 0 radical (unpaired) electrons. The Morgan fingerprint density at radius 1 is 0.293 bits per heavy atom. The van der Waals surface area contributed by atoms with Gasteiger partial charge >= 0.3 is 0 Å². The first kappa shape index (κ1) is 32.4. The molecule has 9 aromatic carbocycles. The third-order valence-electron chi connectivity index (χ3n) is 11.4. The van der Waals surface area contributed by atoms with Gasteiger partial charge in [-0.05, 0) is 74.6 Å². The standard InChI is InChI=1S/C53H31N3O2/c1-2-13-32(14-3-1)33-25-27-34(28-26-33)51-54-52(56-53(55-51)44-31-35-15-4-5-16-36(35)37-17-6-7-18-38(37)44)43-30-29-40(50-49(43)42-20-9-11-23-46(42)58-50)39-21-12-24-47-48(39)41-19-8-10-22-45(41)57-47/h1-31H. The van der Waals surface area contributed by atoms with E-state index in [1.807, 2.05) is 42.5 Å². The first-order valence-corrected chi connectivity index (χ1v) is 19.4. The van der Waals surface area contributed by atoms with Gasteiger partial charge in [-0.1, -0.05) is 152 Å². The molecule has 0 unspecified atom stereocenters. The van der Waals surface area contributed by atoms with Crippen LogP contribution in [0.5, 0.6) is 0 Å². The lowest BCUT2D eigenvalue weighted by atomic mass is 9.95. The molecule has 0 saturated carbocycles. The number of nitrogens with zero attached hydrogens (tertiary/aromatic N) is 3. The lowest BCUT2D eigenvalue weighted by Crippen LogP contribution is -2.01. The molecule has 0 aliphatic heterocycles. The third-order valence-corrected chi connectivity index (χ3v) is 11.4. The minimum absolute atomic E-state index is 0.569. The van der Waals surface area contributed by atoms with Crippen molar-refractivity contribution in [3.05, 3.63) is 188 Å². The van der Waals surface area contributed by atoms with Crippen LogP contribution in [0.3, 0.4) is 0 Å². The maximum Gasteiger partial charge on any atom is 0.164 e. The van der Waals surface area contributed by atoms with Crippen molar-refractivity contribution in [3.63, 3.8) is 0 Å². The molecular formula is C53H31N3O2. The molecular weight excluding hydrogens is 711 g/mol. The SMILES string of the molecule is c1ccc(-c2ccc(-c3nc(-c4cc5ccccc5c5ccccc45)nc(-c4ccc(-c5cccc6oc7ccccc7c56)c5oc6ccccc6c45)n3)cc2)cc1. The molecule has 0 aliphatic rings. The zero-order valence-corrected chi connectivity index (χ0v) is 31.1. The van der Waals surface area contributed by atoms with E-state index in [9.17, 15) is 0 Å². The van der Waals surface area contributed by atoms with Gasteiger partial charge in [-0.2, -0.15) is 0 Å². The van der Waals surface area contributed by atoms with Crippen LogP contribution in [0, 0.1) is 0 Å². The highest BCUT2D eigenvalue weighted by Crippen LogP contribution is 2.45. The molecule has 3 heterocycles. The van der Waals surface area contributed by atoms with E-state index in [1.54, 1.807) is 0 Å². The van der Waals surface area contributed by atoms with Crippen molar-refractivity contribution < 1.29 is 8.83 Å². The van der Waals surface area contributed by atoms with Gasteiger partial charge in [0.15, 0.2) is 17.5 Å². The molecule has 270 valence electrons. The van der Waals surface area contributed by atoms with Crippen LogP contribution in [0.15, 0.2) is 197 Å². The van der Waals surface area contributed by atoms with Crippen molar-refractivity contribution in [3.8, 4) is 56.4 Å². The predicted molar refractivity (Wildman–Crippen MR) is 237 cm³/mol. The van der Waals surface area contributed by atoms with Gasteiger partial charge in [0.05, 0.1) is 0 Å². The largest absolute Gasteiger partial charge is 0.456 e. The Morgan fingerprint density at radius 2 is 0.845 bits per heavy atom. The second-order valence-electron chi connectivity index (χ2n) is 14.7. The molecule has 0 N–H and O–H groups in total. The maximum absolute atomic E-state index is 6.83. The molecule has 5 nitrogen and oxygen atoms in total. The second kappa shape index (κ2) is 12.8. The maximum atomic E-state index is 6.83. The Hall–Kier alpha value is -7.89. The monoisotopic (exact) mass is 741 g/mol. The fourth-order valence-electron chi connectivity index (χ4n) is 8.65. The summed E-state index contributed by atoms with van der Waals surface area (Å²) in [6, 6.07) is 65.0. The Kier molecular flexibility index (Phi) is 7.16. The second-order valence-corrected chi connectivity index (χ2v) is 14.7. The van der Waals surface area contributed by atoms with E-state index in [-0.39, 0.29) is 0 Å². The number of rotatable bonds is 5. The van der Waals surface area contributed by atoms with Gasteiger partial charge < -0.3 is 8.83 Å². The zero-order valence-electron chi connectivity index (χ0n) is 31.1. The summed E-state index contributed by atoms with van der Waals surface area (Å²) in [6.07, 6.45) is 0. The fourth-order valence-corrected chi connectivity index (χ4v) is 8.65. The molecule has 0 aliphatic carbocycles. The first-order valence-electron chi connectivity index (χ1n) is 19.4. The van der Waals surface area contributed by atoms with Crippen LogP contribution in [0.2, 0.25) is 0 Å². The minimum Gasteiger partial charge on any atom is -0.456 e. The normalized spacial score (nSPS) is 11.8. The van der Waals surface area contributed by atoms with Gasteiger partial charge in [0.1, 0.15) is 22.3 Å². The van der Waals surface area contributed by atoms with Gasteiger partial charge in [0, 0.05) is 43.8 Å².